The normalized spacial score (nSPS) is 21.0. The summed E-state index contributed by atoms with van der Waals surface area (Å²) in [6.07, 6.45) is 6.92. The number of nitrogens with one attached hydrogen (secondary N) is 1. The van der Waals surface area contributed by atoms with Crippen LogP contribution in [0.1, 0.15) is 44.3 Å². The Hall–Kier alpha value is -1.94. The Morgan fingerprint density at radius 2 is 1.77 bits per heavy atom. The summed E-state index contributed by atoms with van der Waals surface area (Å²) in [6.45, 7) is 1.94. The summed E-state index contributed by atoms with van der Waals surface area (Å²) in [5, 5.41) is 3.07. The lowest BCUT2D eigenvalue weighted by Gasteiger charge is -2.29. The lowest BCUT2D eigenvalue weighted by Crippen LogP contribution is -2.42. The molecule has 2 saturated carbocycles. The van der Waals surface area contributed by atoms with Gasteiger partial charge in [0, 0.05) is 32.4 Å². The highest BCUT2D eigenvalue weighted by Crippen LogP contribution is 2.44. The number of imidazole rings is 1. The molecule has 0 bridgehead atoms. The van der Waals surface area contributed by atoms with Crippen molar-refractivity contribution in [3.63, 3.8) is 0 Å². The van der Waals surface area contributed by atoms with Gasteiger partial charge < -0.3 is 14.6 Å². The summed E-state index contributed by atoms with van der Waals surface area (Å²) in [4.78, 5) is 28.7. The quantitative estimate of drug-likeness (QED) is 0.606. The maximum absolute atomic E-state index is 12.7. The number of carbonyl (C=O) groups excluding carboxylic acids is 2. The Balaban J connectivity index is 1.23. The molecule has 1 aromatic heterocycles. The van der Waals surface area contributed by atoms with Crippen LogP contribution in [0.25, 0.3) is 0 Å². The second kappa shape index (κ2) is 8.30. The molecule has 1 aliphatic heterocycles. The van der Waals surface area contributed by atoms with E-state index in [9.17, 15) is 18.0 Å². The molecule has 30 heavy (non-hydrogen) atoms. The average Bonchev–Trinajstić information content (AvgIpc) is 3.64. The molecule has 0 atom stereocenters. The van der Waals surface area contributed by atoms with Crippen LogP contribution in [-0.4, -0.2) is 59.9 Å². The van der Waals surface area contributed by atoms with E-state index < -0.39 is 21.9 Å². The third-order valence-electron chi connectivity index (χ3n) is 6.41. The molecule has 0 spiro atoms. The summed E-state index contributed by atoms with van der Waals surface area (Å²) < 4.78 is 33.8. The van der Waals surface area contributed by atoms with Crippen LogP contribution in [0.4, 0.5) is 0 Å². The standard InChI is InChI=1S/C20H30N4O5S/c1-13-21-18(11-23(13)2)30(27,28)24-9-7-16(8-10-24)20(26)29-12-17(25)22-19(14-3-4-14)15-5-6-15/h11,14-16,19H,3-10,12H2,1-2H3,(H,22,25). The minimum Gasteiger partial charge on any atom is -0.455 e. The SMILES string of the molecule is Cc1nc(S(=O)(=O)N2CCC(C(=O)OCC(=O)NC(C3CC3)C3CC3)CC2)cn1C. The number of hydrogen-bond acceptors (Lipinski definition) is 6. The third-order valence-corrected chi connectivity index (χ3v) is 8.18. The van der Waals surface area contributed by atoms with Crippen LogP contribution in [0.2, 0.25) is 0 Å². The third kappa shape index (κ3) is 4.69. The van der Waals surface area contributed by atoms with Gasteiger partial charge in [0.25, 0.3) is 15.9 Å². The fraction of sp³-hybridized carbons (Fsp3) is 0.750. The van der Waals surface area contributed by atoms with E-state index in [1.807, 2.05) is 0 Å². The summed E-state index contributed by atoms with van der Waals surface area (Å²) >= 11 is 0. The number of piperidine rings is 1. The molecule has 1 saturated heterocycles. The van der Waals surface area contributed by atoms with Gasteiger partial charge in [0.15, 0.2) is 11.6 Å². The van der Waals surface area contributed by atoms with Gasteiger partial charge in [-0.25, -0.2) is 13.4 Å². The first-order valence-electron chi connectivity index (χ1n) is 10.7. The van der Waals surface area contributed by atoms with Crippen molar-refractivity contribution >= 4 is 21.9 Å². The van der Waals surface area contributed by atoms with Crippen LogP contribution in [-0.2, 0) is 31.4 Å². The molecule has 3 fully saturated rings. The van der Waals surface area contributed by atoms with Crippen molar-refractivity contribution in [2.45, 2.75) is 56.5 Å². The first-order chi connectivity index (χ1) is 14.3. The molecule has 9 nitrogen and oxygen atoms in total. The van der Waals surface area contributed by atoms with Crippen molar-refractivity contribution in [1.29, 1.82) is 0 Å². The Morgan fingerprint density at radius 1 is 1.17 bits per heavy atom. The fourth-order valence-corrected chi connectivity index (χ4v) is 5.62. The van der Waals surface area contributed by atoms with E-state index in [1.54, 1.807) is 18.5 Å². The van der Waals surface area contributed by atoms with Gasteiger partial charge in [-0.05, 0) is 57.3 Å². The monoisotopic (exact) mass is 438 g/mol. The van der Waals surface area contributed by atoms with Gasteiger partial charge in [0.2, 0.25) is 0 Å². The maximum atomic E-state index is 12.7. The zero-order valence-electron chi connectivity index (χ0n) is 17.5. The van der Waals surface area contributed by atoms with Crippen molar-refractivity contribution in [3.05, 3.63) is 12.0 Å². The molecule has 10 heteroatoms. The molecule has 0 radical (unpaired) electrons. The summed E-state index contributed by atoms with van der Waals surface area (Å²) in [6, 6.07) is 0.236. The van der Waals surface area contributed by atoms with Crippen LogP contribution < -0.4 is 5.32 Å². The van der Waals surface area contributed by atoms with E-state index in [0.29, 0.717) is 30.5 Å². The van der Waals surface area contributed by atoms with Gasteiger partial charge in [0.05, 0.1) is 5.92 Å². The highest BCUT2D eigenvalue weighted by molar-refractivity contribution is 7.89. The molecule has 2 heterocycles. The smallest absolute Gasteiger partial charge is 0.309 e. The minimum atomic E-state index is -3.67. The van der Waals surface area contributed by atoms with E-state index >= 15 is 0 Å². The maximum Gasteiger partial charge on any atom is 0.309 e. The molecule has 0 unspecified atom stereocenters. The highest BCUT2D eigenvalue weighted by atomic mass is 32.2. The molecule has 0 aromatic carbocycles. The lowest BCUT2D eigenvalue weighted by atomic mass is 9.98. The molecular weight excluding hydrogens is 408 g/mol. The zero-order valence-corrected chi connectivity index (χ0v) is 18.4. The van der Waals surface area contributed by atoms with Gasteiger partial charge in [-0.1, -0.05) is 0 Å². The van der Waals surface area contributed by atoms with Crippen molar-refractivity contribution < 1.29 is 22.7 Å². The zero-order chi connectivity index (χ0) is 21.5. The van der Waals surface area contributed by atoms with E-state index in [4.69, 9.17) is 4.74 Å². The lowest BCUT2D eigenvalue weighted by molar-refractivity contribution is -0.154. The Bertz CT molecular complexity index is 880. The molecule has 1 amide bonds. The van der Waals surface area contributed by atoms with Gasteiger partial charge >= 0.3 is 5.97 Å². The highest BCUT2D eigenvalue weighted by Gasteiger charge is 2.42. The molecule has 166 valence electrons. The van der Waals surface area contributed by atoms with Crippen LogP contribution in [0, 0.1) is 24.7 Å². The number of nitrogens with zero attached hydrogens (tertiary/aromatic N) is 3. The van der Waals surface area contributed by atoms with E-state index in [1.165, 1.54) is 36.2 Å². The Labute approximate surface area is 177 Å². The van der Waals surface area contributed by atoms with E-state index in [-0.39, 0.29) is 36.7 Å². The molecule has 2 aliphatic carbocycles. The molecule has 3 aliphatic rings. The Kier molecular flexibility index (Phi) is 5.89. The number of sulfonamides is 1. The first kappa shape index (κ1) is 21.3. The van der Waals surface area contributed by atoms with E-state index in [0.717, 1.165) is 0 Å². The summed E-state index contributed by atoms with van der Waals surface area (Å²) in [7, 11) is -1.92. The number of aryl methyl sites for hydroxylation is 2. The van der Waals surface area contributed by atoms with Crippen molar-refractivity contribution in [2.24, 2.45) is 24.8 Å². The van der Waals surface area contributed by atoms with Crippen molar-refractivity contribution in [1.82, 2.24) is 19.2 Å². The Morgan fingerprint density at radius 3 is 2.27 bits per heavy atom. The number of esters is 1. The number of carbonyl (C=O) groups is 2. The number of ether oxygens (including phenoxy) is 1. The van der Waals surface area contributed by atoms with Crippen molar-refractivity contribution in [2.75, 3.05) is 19.7 Å². The predicted molar refractivity (Wildman–Crippen MR) is 108 cm³/mol. The van der Waals surface area contributed by atoms with Crippen LogP contribution >= 0.6 is 0 Å². The average molecular weight is 439 g/mol. The number of amides is 1. The van der Waals surface area contributed by atoms with Crippen LogP contribution in [0.5, 0.6) is 0 Å². The molecule has 1 aromatic rings. The largest absolute Gasteiger partial charge is 0.455 e. The number of hydrogen-bond donors (Lipinski definition) is 1. The first-order valence-corrected chi connectivity index (χ1v) is 12.2. The van der Waals surface area contributed by atoms with Gasteiger partial charge in [0.1, 0.15) is 5.82 Å². The van der Waals surface area contributed by atoms with Crippen LogP contribution in [0.3, 0.4) is 0 Å². The summed E-state index contributed by atoms with van der Waals surface area (Å²) in [5.41, 5.74) is 0. The van der Waals surface area contributed by atoms with Gasteiger partial charge in [-0.3, -0.25) is 9.59 Å². The van der Waals surface area contributed by atoms with Crippen molar-refractivity contribution in [3.8, 4) is 0 Å². The topological polar surface area (TPSA) is 111 Å². The minimum absolute atomic E-state index is 0.0288. The second-order valence-corrected chi connectivity index (χ2v) is 10.7. The predicted octanol–water partition coefficient (Wildman–Crippen LogP) is 0.977. The summed E-state index contributed by atoms with van der Waals surface area (Å²) in [5.74, 6) is 0.744. The van der Waals surface area contributed by atoms with Gasteiger partial charge in [-0.15, -0.1) is 0 Å². The van der Waals surface area contributed by atoms with Crippen LogP contribution in [0.15, 0.2) is 11.2 Å². The second-order valence-electron chi connectivity index (χ2n) is 8.79. The fourth-order valence-electron chi connectivity index (χ4n) is 4.13. The van der Waals surface area contributed by atoms with Gasteiger partial charge in [-0.2, -0.15) is 4.31 Å². The molecule has 4 rings (SSSR count). The molecule has 1 N–H and O–H groups in total. The number of rotatable bonds is 8. The number of aromatic nitrogens is 2. The molecular formula is C20H30N4O5S. The van der Waals surface area contributed by atoms with E-state index in [2.05, 4.69) is 10.3 Å².